The lowest BCUT2D eigenvalue weighted by molar-refractivity contribution is 0.0505. The first kappa shape index (κ1) is 28.9. The van der Waals surface area contributed by atoms with Crippen molar-refractivity contribution in [3.05, 3.63) is 75.9 Å². The first-order valence-electron chi connectivity index (χ1n) is 13.5. The fourth-order valence-corrected chi connectivity index (χ4v) is 6.18. The maximum absolute atomic E-state index is 12.3. The van der Waals surface area contributed by atoms with Gasteiger partial charge < -0.3 is 20.5 Å². The summed E-state index contributed by atoms with van der Waals surface area (Å²) in [6, 6.07) is 13.4. The normalized spacial score (nSPS) is 16.6. The lowest BCUT2D eigenvalue weighted by Crippen LogP contribution is -2.40. The highest BCUT2D eigenvalue weighted by Gasteiger charge is 2.26. The number of likely N-dealkylation sites (tertiary alicyclic amines) is 1. The molecule has 0 saturated carbocycles. The molecule has 0 spiro atoms. The Labute approximate surface area is 248 Å². The van der Waals surface area contributed by atoms with Gasteiger partial charge in [0.1, 0.15) is 28.0 Å². The number of thiophene rings is 1. The molecule has 1 saturated heterocycles. The first-order chi connectivity index (χ1) is 19.5. The van der Waals surface area contributed by atoms with Gasteiger partial charge in [0.25, 0.3) is 5.91 Å². The number of rotatable bonds is 8. The van der Waals surface area contributed by atoms with Crippen LogP contribution in [0, 0.1) is 0 Å². The number of nitrogens with zero attached hydrogens (tertiary/aromatic N) is 3. The second kappa shape index (κ2) is 11.7. The number of ether oxygens (including phenoxy) is 2. The number of nitrogens with one attached hydrogen (secondary N) is 1. The van der Waals surface area contributed by atoms with Gasteiger partial charge in [-0.05, 0) is 51.8 Å². The maximum atomic E-state index is 12.3. The van der Waals surface area contributed by atoms with Crippen molar-refractivity contribution in [1.29, 1.82) is 0 Å². The van der Waals surface area contributed by atoms with E-state index in [0.29, 0.717) is 15.6 Å². The summed E-state index contributed by atoms with van der Waals surface area (Å²) in [6.07, 6.45) is 3.94. The monoisotopic (exact) mass is 595 g/mol. The van der Waals surface area contributed by atoms with Crippen molar-refractivity contribution in [3.63, 3.8) is 0 Å². The van der Waals surface area contributed by atoms with E-state index in [-0.39, 0.29) is 18.2 Å². The Morgan fingerprint density at radius 3 is 2.76 bits per heavy atom. The summed E-state index contributed by atoms with van der Waals surface area (Å²) in [7, 11) is 0. The molecule has 0 unspecified atom stereocenters. The molecule has 0 bridgehead atoms. The number of benzene rings is 1. The highest BCUT2D eigenvalue weighted by atomic mass is 35.5. The van der Waals surface area contributed by atoms with Gasteiger partial charge in [0.05, 0.1) is 16.8 Å². The number of carbonyl (C=O) groups is 2. The number of aromatic nitrogens is 2. The van der Waals surface area contributed by atoms with Gasteiger partial charge >= 0.3 is 6.09 Å². The molecule has 3 aromatic heterocycles. The van der Waals surface area contributed by atoms with E-state index in [2.05, 4.69) is 27.5 Å². The summed E-state index contributed by atoms with van der Waals surface area (Å²) >= 11 is 7.63. The third-order valence-electron chi connectivity index (χ3n) is 6.79. The van der Waals surface area contributed by atoms with Gasteiger partial charge in [0.15, 0.2) is 0 Å². The van der Waals surface area contributed by atoms with E-state index in [4.69, 9.17) is 26.8 Å². The van der Waals surface area contributed by atoms with Gasteiger partial charge in [-0.3, -0.25) is 14.1 Å². The number of carbonyl (C=O) groups excluding carboxylic acids is 2. The Kier molecular flexibility index (Phi) is 8.26. The largest absolute Gasteiger partial charge is 0.484 e. The highest BCUT2D eigenvalue weighted by molar-refractivity contribution is 7.17. The van der Waals surface area contributed by atoms with Crippen LogP contribution in [0.1, 0.15) is 61.0 Å². The number of amides is 2. The number of imidazole rings is 1. The van der Waals surface area contributed by atoms with Crippen molar-refractivity contribution in [1.82, 2.24) is 19.6 Å². The molecule has 41 heavy (non-hydrogen) atoms. The second-order valence-corrected chi connectivity index (χ2v) is 12.7. The van der Waals surface area contributed by atoms with Crippen LogP contribution in [-0.4, -0.2) is 51.0 Å². The summed E-state index contributed by atoms with van der Waals surface area (Å²) in [5.41, 5.74) is 8.75. The third kappa shape index (κ3) is 6.83. The minimum absolute atomic E-state index is 0.0438. The molecule has 0 radical (unpaired) electrons. The van der Waals surface area contributed by atoms with Crippen molar-refractivity contribution in [2.45, 2.75) is 58.4 Å². The van der Waals surface area contributed by atoms with Crippen molar-refractivity contribution in [2.75, 3.05) is 13.1 Å². The Hall–Kier alpha value is -3.60. The van der Waals surface area contributed by atoms with Gasteiger partial charge in [0.2, 0.25) is 0 Å². The van der Waals surface area contributed by atoms with E-state index in [1.807, 2.05) is 62.4 Å². The van der Waals surface area contributed by atoms with Crippen molar-refractivity contribution in [3.8, 4) is 16.3 Å². The van der Waals surface area contributed by atoms with Gasteiger partial charge in [-0.1, -0.05) is 35.9 Å². The average Bonchev–Trinajstić information content (AvgIpc) is 3.61. The number of fused-ring (bicyclic) bond motifs is 1. The molecule has 0 aliphatic carbocycles. The molecule has 1 fully saturated rings. The van der Waals surface area contributed by atoms with Crippen LogP contribution in [0.2, 0.25) is 5.02 Å². The van der Waals surface area contributed by atoms with Crippen molar-refractivity contribution in [2.24, 2.45) is 5.73 Å². The fourth-order valence-electron chi connectivity index (χ4n) is 4.95. The second-order valence-electron chi connectivity index (χ2n) is 11.2. The molecule has 2 amide bonds. The van der Waals surface area contributed by atoms with Crippen LogP contribution in [0.4, 0.5) is 4.79 Å². The fraction of sp³-hybridized carbons (Fsp3) is 0.367. The molecule has 216 valence electrons. The lowest BCUT2D eigenvalue weighted by Gasteiger charge is -2.22. The number of alkyl carbamates (subject to hydrolysis) is 1. The number of primary amides is 1. The van der Waals surface area contributed by atoms with Crippen LogP contribution in [0.5, 0.6) is 5.75 Å². The minimum Gasteiger partial charge on any atom is -0.484 e. The predicted molar refractivity (Wildman–Crippen MR) is 161 cm³/mol. The maximum Gasteiger partial charge on any atom is 0.407 e. The van der Waals surface area contributed by atoms with Gasteiger partial charge in [-0.25, -0.2) is 9.78 Å². The van der Waals surface area contributed by atoms with Crippen LogP contribution in [-0.2, 0) is 11.3 Å². The smallest absolute Gasteiger partial charge is 0.407 e. The molecule has 3 N–H and O–H groups in total. The lowest BCUT2D eigenvalue weighted by atomic mass is 10.1. The Morgan fingerprint density at radius 2 is 2.02 bits per heavy atom. The average molecular weight is 596 g/mol. The van der Waals surface area contributed by atoms with Gasteiger partial charge in [-0.2, -0.15) is 0 Å². The van der Waals surface area contributed by atoms with E-state index >= 15 is 0 Å². The van der Waals surface area contributed by atoms with Gasteiger partial charge in [0, 0.05) is 48.5 Å². The third-order valence-corrected chi connectivity index (χ3v) is 8.29. The SMILES string of the molecule is C[C@@H](Oc1cc(-c2cnc3ccc(CN4CC[C@@H](NC(=O)OC(C)(C)C)C4)cn23)sc1C(N)=O)c1ccccc1Cl. The minimum atomic E-state index is -0.555. The van der Waals surface area contributed by atoms with E-state index in [1.165, 1.54) is 11.3 Å². The van der Waals surface area contributed by atoms with Crippen molar-refractivity contribution >= 4 is 40.6 Å². The predicted octanol–water partition coefficient (Wildman–Crippen LogP) is 6.05. The molecule has 4 heterocycles. The van der Waals surface area contributed by atoms with Crippen molar-refractivity contribution < 1.29 is 19.1 Å². The van der Waals surface area contributed by atoms with Crippen LogP contribution in [0.25, 0.3) is 16.2 Å². The molecule has 1 aromatic carbocycles. The Morgan fingerprint density at radius 1 is 1.24 bits per heavy atom. The molecular weight excluding hydrogens is 562 g/mol. The molecule has 9 nitrogen and oxygen atoms in total. The molecule has 1 aliphatic rings. The zero-order valence-corrected chi connectivity index (χ0v) is 25.1. The molecule has 2 atom stereocenters. The number of pyridine rings is 1. The molecular formula is C30H34ClN5O4S. The van der Waals surface area contributed by atoms with Crippen LogP contribution in [0.15, 0.2) is 54.9 Å². The van der Waals surface area contributed by atoms with E-state index < -0.39 is 11.5 Å². The molecule has 1 aliphatic heterocycles. The summed E-state index contributed by atoms with van der Waals surface area (Å²) in [4.78, 5) is 32.5. The number of nitrogens with two attached hydrogens (primary N) is 1. The summed E-state index contributed by atoms with van der Waals surface area (Å²) in [5.74, 6) is -0.141. The van der Waals surface area contributed by atoms with Crippen LogP contribution >= 0.6 is 22.9 Å². The van der Waals surface area contributed by atoms with Crippen LogP contribution < -0.4 is 15.8 Å². The zero-order chi connectivity index (χ0) is 29.3. The first-order valence-corrected chi connectivity index (χ1v) is 14.7. The summed E-state index contributed by atoms with van der Waals surface area (Å²) < 4.78 is 13.6. The topological polar surface area (TPSA) is 111 Å². The highest BCUT2D eigenvalue weighted by Crippen LogP contribution is 2.39. The Balaban J connectivity index is 1.33. The van der Waals surface area contributed by atoms with E-state index in [1.54, 1.807) is 12.3 Å². The van der Waals surface area contributed by atoms with E-state index in [0.717, 1.165) is 53.4 Å². The Bertz CT molecular complexity index is 1580. The number of hydrogen-bond donors (Lipinski definition) is 2. The zero-order valence-electron chi connectivity index (χ0n) is 23.5. The quantitative estimate of drug-likeness (QED) is 0.256. The molecule has 11 heteroatoms. The number of halogens is 1. The van der Waals surface area contributed by atoms with Gasteiger partial charge in [-0.15, -0.1) is 11.3 Å². The standard InChI is InChI=1S/C30H34ClN5O4S/c1-18(21-7-5-6-8-22(21)31)39-24-13-25(41-27(24)28(32)37)23-14-33-26-10-9-19(16-36(23)26)15-35-12-11-20(17-35)34-29(38)40-30(2,3)4/h5-10,13-14,16,18,20H,11-12,15,17H2,1-4H3,(H2,32,37)(H,34,38)/t18-,20-/m1/s1. The van der Waals surface area contributed by atoms with E-state index in [9.17, 15) is 9.59 Å². The number of hydrogen-bond acceptors (Lipinski definition) is 7. The van der Waals surface area contributed by atoms with Crippen LogP contribution in [0.3, 0.4) is 0 Å². The molecule has 4 aromatic rings. The summed E-state index contributed by atoms with van der Waals surface area (Å²) in [6.45, 7) is 9.78. The molecule has 5 rings (SSSR count). The summed E-state index contributed by atoms with van der Waals surface area (Å²) in [5, 5.41) is 3.57.